The molecule has 0 unspecified atom stereocenters. The van der Waals surface area contributed by atoms with Crippen LogP contribution in [0.2, 0.25) is 0 Å². The van der Waals surface area contributed by atoms with E-state index in [1.807, 2.05) is 0 Å². The second kappa shape index (κ2) is 5.77. The molecule has 0 aliphatic heterocycles. The zero-order valence-electron chi connectivity index (χ0n) is 7.30. The zero-order chi connectivity index (χ0) is 8.69. The van der Waals surface area contributed by atoms with Crippen molar-refractivity contribution in [1.82, 2.24) is 5.32 Å². The zero-order valence-corrected chi connectivity index (χ0v) is 7.30. The molecule has 0 saturated heterocycles. The normalized spacial score (nSPS) is 11.7. The highest BCUT2D eigenvalue weighted by atomic mass is 15.1. The Morgan fingerprint density at radius 1 is 1.73 bits per heavy atom. The first-order valence-electron chi connectivity index (χ1n) is 3.81. The summed E-state index contributed by atoms with van der Waals surface area (Å²) >= 11 is 0. The highest BCUT2D eigenvalue weighted by molar-refractivity contribution is 5.77. The average Bonchev–Trinajstić information content (AvgIpc) is 1.97. The Morgan fingerprint density at radius 3 is 2.82 bits per heavy atom. The van der Waals surface area contributed by atoms with Crippen LogP contribution in [-0.4, -0.2) is 19.0 Å². The van der Waals surface area contributed by atoms with Gasteiger partial charge in [0.2, 0.25) is 0 Å². The van der Waals surface area contributed by atoms with E-state index in [1.165, 1.54) is 0 Å². The molecule has 0 bridgehead atoms. The maximum Gasteiger partial charge on any atom is 0.188 e. The first-order chi connectivity index (χ1) is 5.16. The van der Waals surface area contributed by atoms with Crippen molar-refractivity contribution in [3.8, 4) is 0 Å². The Bertz CT molecular complexity index is 138. The highest BCUT2D eigenvalue weighted by Gasteiger charge is 1.91. The van der Waals surface area contributed by atoms with E-state index < -0.39 is 0 Å². The van der Waals surface area contributed by atoms with Crippen molar-refractivity contribution in [2.75, 3.05) is 13.1 Å². The van der Waals surface area contributed by atoms with Gasteiger partial charge in [-0.1, -0.05) is 19.9 Å². The Labute approximate surface area is 68.4 Å². The average molecular weight is 155 g/mol. The van der Waals surface area contributed by atoms with Crippen LogP contribution in [0, 0.1) is 5.92 Å². The Morgan fingerprint density at radius 2 is 2.36 bits per heavy atom. The lowest BCUT2D eigenvalue weighted by Gasteiger charge is -2.03. The van der Waals surface area contributed by atoms with Crippen molar-refractivity contribution in [3.05, 3.63) is 12.7 Å². The van der Waals surface area contributed by atoms with Gasteiger partial charge in [0, 0.05) is 13.1 Å². The van der Waals surface area contributed by atoms with E-state index in [2.05, 4.69) is 30.7 Å². The van der Waals surface area contributed by atoms with Crippen LogP contribution in [0.3, 0.4) is 0 Å². The van der Waals surface area contributed by atoms with E-state index in [9.17, 15) is 0 Å². The van der Waals surface area contributed by atoms with Crippen LogP contribution in [0.1, 0.15) is 13.8 Å². The maximum absolute atomic E-state index is 5.50. The standard InChI is InChI=1S/C8H17N3/c1-4-5-10-8(9)11-6-7(2)3/h4,7H,1,5-6H2,2-3H3,(H3,9,10,11). The van der Waals surface area contributed by atoms with Gasteiger partial charge in [-0.25, -0.2) is 0 Å². The Kier molecular flexibility index (Phi) is 5.25. The van der Waals surface area contributed by atoms with Crippen LogP contribution >= 0.6 is 0 Å². The van der Waals surface area contributed by atoms with Gasteiger partial charge >= 0.3 is 0 Å². The highest BCUT2D eigenvalue weighted by Crippen LogP contribution is 1.90. The Hall–Kier alpha value is -0.990. The number of nitrogens with two attached hydrogens (primary N) is 1. The summed E-state index contributed by atoms with van der Waals surface area (Å²) in [5, 5.41) is 2.90. The fraction of sp³-hybridized carbons (Fsp3) is 0.625. The molecule has 0 atom stereocenters. The molecule has 0 radical (unpaired) electrons. The van der Waals surface area contributed by atoms with Crippen molar-refractivity contribution in [1.29, 1.82) is 0 Å². The summed E-state index contributed by atoms with van der Waals surface area (Å²) in [5.74, 6) is 1.05. The number of nitrogens with one attached hydrogen (secondary N) is 1. The van der Waals surface area contributed by atoms with E-state index in [-0.39, 0.29) is 0 Å². The van der Waals surface area contributed by atoms with Crippen molar-refractivity contribution in [2.45, 2.75) is 13.8 Å². The molecule has 0 spiro atoms. The smallest absolute Gasteiger partial charge is 0.188 e. The summed E-state index contributed by atoms with van der Waals surface area (Å²) in [6, 6.07) is 0. The predicted molar refractivity (Wildman–Crippen MR) is 49.5 cm³/mol. The molecule has 0 amide bonds. The topological polar surface area (TPSA) is 50.4 Å². The van der Waals surface area contributed by atoms with Crippen LogP contribution in [0.15, 0.2) is 17.6 Å². The van der Waals surface area contributed by atoms with Crippen LogP contribution < -0.4 is 11.1 Å². The fourth-order valence-electron chi connectivity index (χ4n) is 0.514. The van der Waals surface area contributed by atoms with Gasteiger partial charge in [0.1, 0.15) is 0 Å². The third-order valence-corrected chi connectivity index (χ3v) is 1.05. The van der Waals surface area contributed by atoms with Crippen molar-refractivity contribution >= 4 is 5.96 Å². The molecule has 0 aromatic heterocycles. The number of hydrogen-bond donors (Lipinski definition) is 2. The quantitative estimate of drug-likeness (QED) is 0.357. The molecule has 3 nitrogen and oxygen atoms in total. The summed E-state index contributed by atoms with van der Waals surface area (Å²) in [5.41, 5.74) is 5.50. The molecule has 3 heteroatoms. The second-order valence-corrected chi connectivity index (χ2v) is 2.79. The van der Waals surface area contributed by atoms with E-state index in [1.54, 1.807) is 6.08 Å². The SMILES string of the molecule is C=CCNC(N)=NCC(C)C. The molecule has 0 aromatic rings. The number of nitrogens with zero attached hydrogens (tertiary/aromatic N) is 1. The summed E-state index contributed by atoms with van der Waals surface area (Å²) in [6.45, 7) is 9.21. The molecule has 3 N–H and O–H groups in total. The van der Waals surface area contributed by atoms with Gasteiger partial charge in [-0.3, -0.25) is 4.99 Å². The van der Waals surface area contributed by atoms with Gasteiger partial charge in [-0.15, -0.1) is 6.58 Å². The van der Waals surface area contributed by atoms with Crippen LogP contribution in [0.25, 0.3) is 0 Å². The summed E-state index contributed by atoms with van der Waals surface area (Å²) in [6.07, 6.45) is 1.75. The van der Waals surface area contributed by atoms with Crippen LogP contribution in [0.5, 0.6) is 0 Å². The molecular formula is C8H17N3. The van der Waals surface area contributed by atoms with Crippen molar-refractivity contribution in [2.24, 2.45) is 16.6 Å². The van der Waals surface area contributed by atoms with Gasteiger partial charge in [-0.05, 0) is 5.92 Å². The van der Waals surface area contributed by atoms with Gasteiger partial charge in [-0.2, -0.15) is 0 Å². The molecular weight excluding hydrogens is 138 g/mol. The number of rotatable bonds is 4. The number of guanidine groups is 1. The molecule has 0 aromatic carbocycles. The molecule has 0 aliphatic rings. The minimum absolute atomic E-state index is 0.499. The van der Waals surface area contributed by atoms with E-state index in [4.69, 9.17) is 5.73 Å². The largest absolute Gasteiger partial charge is 0.370 e. The van der Waals surface area contributed by atoms with Crippen molar-refractivity contribution in [3.63, 3.8) is 0 Å². The van der Waals surface area contributed by atoms with Gasteiger partial charge in [0.25, 0.3) is 0 Å². The minimum Gasteiger partial charge on any atom is -0.370 e. The van der Waals surface area contributed by atoms with Gasteiger partial charge in [0.15, 0.2) is 5.96 Å². The molecule has 0 saturated carbocycles. The predicted octanol–water partition coefficient (Wildman–Crippen LogP) is 0.733. The van der Waals surface area contributed by atoms with Gasteiger partial charge in [0.05, 0.1) is 0 Å². The summed E-state index contributed by atoms with van der Waals surface area (Å²) in [7, 11) is 0. The third-order valence-electron chi connectivity index (χ3n) is 1.05. The number of hydrogen-bond acceptors (Lipinski definition) is 1. The van der Waals surface area contributed by atoms with Crippen molar-refractivity contribution < 1.29 is 0 Å². The summed E-state index contributed by atoms with van der Waals surface area (Å²) in [4.78, 5) is 4.10. The molecule has 0 aliphatic carbocycles. The van der Waals surface area contributed by atoms with Crippen LogP contribution in [-0.2, 0) is 0 Å². The van der Waals surface area contributed by atoms with E-state index in [0.717, 1.165) is 6.54 Å². The molecule has 0 rings (SSSR count). The lowest BCUT2D eigenvalue weighted by atomic mass is 10.2. The monoisotopic (exact) mass is 155 g/mol. The first kappa shape index (κ1) is 10.0. The molecule has 11 heavy (non-hydrogen) atoms. The minimum atomic E-state index is 0.499. The molecule has 0 fully saturated rings. The third kappa shape index (κ3) is 6.90. The molecule has 64 valence electrons. The first-order valence-corrected chi connectivity index (χ1v) is 3.81. The second-order valence-electron chi connectivity index (χ2n) is 2.79. The lowest BCUT2D eigenvalue weighted by molar-refractivity contribution is 0.662. The fourth-order valence-corrected chi connectivity index (χ4v) is 0.514. The van der Waals surface area contributed by atoms with E-state index >= 15 is 0 Å². The maximum atomic E-state index is 5.50. The van der Waals surface area contributed by atoms with Crippen LogP contribution in [0.4, 0.5) is 0 Å². The molecule has 0 heterocycles. The van der Waals surface area contributed by atoms with E-state index in [0.29, 0.717) is 18.4 Å². The lowest BCUT2D eigenvalue weighted by Crippen LogP contribution is -2.32. The van der Waals surface area contributed by atoms with Gasteiger partial charge < -0.3 is 11.1 Å². The number of aliphatic imine (C=N–C) groups is 1. The Balaban J connectivity index is 3.53. The summed E-state index contributed by atoms with van der Waals surface area (Å²) < 4.78 is 0.